The molecule has 374 valence electrons. The van der Waals surface area contributed by atoms with Crippen molar-refractivity contribution in [3.63, 3.8) is 0 Å². The van der Waals surface area contributed by atoms with Gasteiger partial charge in [0.2, 0.25) is 0 Å². The van der Waals surface area contributed by atoms with Crippen molar-refractivity contribution in [2.24, 2.45) is 25.9 Å². The summed E-state index contributed by atoms with van der Waals surface area (Å²) in [5, 5.41) is 38.6. The van der Waals surface area contributed by atoms with Crippen molar-refractivity contribution in [3.05, 3.63) is 101 Å². The lowest BCUT2D eigenvalue weighted by atomic mass is 9.96. The molecule has 0 saturated carbocycles. The molecule has 2 atom stereocenters. The van der Waals surface area contributed by atoms with E-state index in [0.29, 0.717) is 55.4 Å². The number of aryl methyl sites for hydroxylation is 2. The van der Waals surface area contributed by atoms with E-state index < -0.39 is 58.9 Å². The molecule has 0 fully saturated rings. The third-order valence-corrected chi connectivity index (χ3v) is 13.1. The first-order valence-electron chi connectivity index (χ1n) is 21.5. The summed E-state index contributed by atoms with van der Waals surface area (Å²) in [5.41, 5.74) is -0.855. The SMILES string of the molecule is CC(C)CC(O)c1c(-c2cccc(OC(F)(F)F)c2)sc2c1c(=O)n(CCCO)c(=O)n2C.CCCCn1c(=O)c2c(C(O)CC(C)C)c(-c3cccc(OC(F)(F)F)c3)sc2n(C)c1=O.CO. The third kappa shape index (κ3) is 13.1. The fourth-order valence-corrected chi connectivity index (χ4v) is 10.1. The molecule has 2 unspecified atom stereocenters. The average Bonchev–Trinajstić information content (AvgIpc) is 3.86. The van der Waals surface area contributed by atoms with Gasteiger partial charge in [0.05, 0.1) is 23.0 Å². The summed E-state index contributed by atoms with van der Waals surface area (Å²) in [4.78, 5) is 53.8. The first-order chi connectivity index (χ1) is 31.9. The van der Waals surface area contributed by atoms with E-state index in [1.807, 2.05) is 34.6 Å². The zero-order chi connectivity index (χ0) is 51.0. The van der Waals surface area contributed by atoms with Crippen LogP contribution in [0.1, 0.15) is 90.1 Å². The van der Waals surface area contributed by atoms with Crippen molar-refractivity contribution >= 4 is 43.1 Å². The van der Waals surface area contributed by atoms with Gasteiger partial charge >= 0.3 is 24.1 Å². The van der Waals surface area contributed by atoms with Gasteiger partial charge in [0, 0.05) is 61.8 Å². The fraction of sp³-hybridized carbons (Fsp3) is 0.478. The van der Waals surface area contributed by atoms with Crippen LogP contribution in [0.3, 0.4) is 0 Å². The summed E-state index contributed by atoms with van der Waals surface area (Å²) in [5.74, 6) is -0.684. The number of benzene rings is 2. The molecule has 0 spiro atoms. The number of rotatable bonds is 16. The number of halogens is 6. The third-order valence-electron chi connectivity index (χ3n) is 10.4. The minimum atomic E-state index is -4.87. The lowest BCUT2D eigenvalue weighted by Gasteiger charge is -2.16. The first kappa shape index (κ1) is 55.3. The van der Waals surface area contributed by atoms with Gasteiger partial charge in [0.15, 0.2) is 0 Å². The molecule has 0 saturated heterocycles. The molecule has 22 heteroatoms. The van der Waals surface area contributed by atoms with E-state index in [0.717, 1.165) is 51.4 Å². The molecule has 14 nitrogen and oxygen atoms in total. The quantitative estimate of drug-likeness (QED) is 0.0684. The van der Waals surface area contributed by atoms with Gasteiger partial charge < -0.3 is 29.9 Å². The molecule has 0 bridgehead atoms. The molecule has 4 aromatic heterocycles. The summed E-state index contributed by atoms with van der Waals surface area (Å²) in [6, 6.07) is 10.7. The van der Waals surface area contributed by atoms with Gasteiger partial charge in [-0.3, -0.25) is 27.9 Å². The van der Waals surface area contributed by atoms with E-state index in [1.165, 1.54) is 46.5 Å². The molecule has 0 aliphatic rings. The van der Waals surface area contributed by atoms with Crippen LogP contribution in [0.2, 0.25) is 0 Å². The van der Waals surface area contributed by atoms with Crippen molar-refractivity contribution in [1.82, 2.24) is 18.3 Å². The number of fused-ring (bicyclic) bond motifs is 2. The van der Waals surface area contributed by atoms with Gasteiger partial charge in [-0.25, -0.2) is 9.59 Å². The van der Waals surface area contributed by atoms with E-state index in [1.54, 1.807) is 19.2 Å². The highest BCUT2D eigenvalue weighted by Gasteiger charge is 2.33. The summed E-state index contributed by atoms with van der Waals surface area (Å²) in [6.07, 6.45) is -9.58. The number of alkyl halides is 6. The molecule has 0 aliphatic heterocycles. The summed E-state index contributed by atoms with van der Waals surface area (Å²) in [6.45, 7) is 9.61. The van der Waals surface area contributed by atoms with E-state index >= 15 is 0 Å². The second-order valence-corrected chi connectivity index (χ2v) is 18.5. The van der Waals surface area contributed by atoms with Crippen LogP contribution in [-0.2, 0) is 27.2 Å². The van der Waals surface area contributed by atoms with E-state index in [2.05, 4.69) is 9.47 Å². The van der Waals surface area contributed by atoms with Crippen LogP contribution in [0.15, 0.2) is 67.7 Å². The Bertz CT molecular complexity index is 2720. The maximum Gasteiger partial charge on any atom is 0.573 e. The normalized spacial score (nSPS) is 12.8. The zero-order valence-corrected chi connectivity index (χ0v) is 40.3. The van der Waals surface area contributed by atoms with Gasteiger partial charge in [0.1, 0.15) is 21.2 Å². The maximum absolute atomic E-state index is 13.4. The van der Waals surface area contributed by atoms with Crippen molar-refractivity contribution in [2.45, 2.75) is 105 Å². The van der Waals surface area contributed by atoms with Gasteiger partial charge in [-0.2, -0.15) is 0 Å². The van der Waals surface area contributed by atoms with E-state index in [9.17, 15) is 55.7 Å². The highest BCUT2D eigenvalue weighted by atomic mass is 32.1. The van der Waals surface area contributed by atoms with Crippen LogP contribution >= 0.6 is 22.7 Å². The Balaban J connectivity index is 0.000000286. The zero-order valence-electron chi connectivity index (χ0n) is 38.7. The maximum atomic E-state index is 13.4. The monoisotopic (exact) mass is 1000 g/mol. The molecular formula is C46H56F6N4O10S2. The molecule has 2 aromatic carbocycles. The molecule has 68 heavy (non-hydrogen) atoms. The van der Waals surface area contributed by atoms with Crippen LogP contribution in [-0.4, -0.2) is 65.1 Å². The Kier molecular flexibility index (Phi) is 19.0. The number of thiophene rings is 2. The molecule has 0 aliphatic carbocycles. The summed E-state index contributed by atoms with van der Waals surface area (Å²) in [7, 11) is 4.04. The Labute approximate surface area is 394 Å². The lowest BCUT2D eigenvalue weighted by molar-refractivity contribution is -0.275. The Morgan fingerprint density at radius 2 is 1.00 bits per heavy atom. The molecule has 0 radical (unpaired) electrons. The smallest absolute Gasteiger partial charge is 0.406 e. The highest BCUT2D eigenvalue weighted by molar-refractivity contribution is 7.22. The van der Waals surface area contributed by atoms with Crippen molar-refractivity contribution in [3.8, 4) is 32.4 Å². The number of hydrogen-bond donors (Lipinski definition) is 4. The largest absolute Gasteiger partial charge is 0.573 e. The predicted molar refractivity (Wildman–Crippen MR) is 250 cm³/mol. The molecule has 6 rings (SSSR count). The van der Waals surface area contributed by atoms with Crippen molar-refractivity contribution in [2.75, 3.05) is 13.7 Å². The van der Waals surface area contributed by atoms with Crippen LogP contribution in [0.4, 0.5) is 26.3 Å². The number of nitrogens with zero attached hydrogens (tertiary/aromatic N) is 4. The van der Waals surface area contributed by atoms with E-state index in [4.69, 9.17) is 10.2 Å². The Morgan fingerprint density at radius 1 is 0.632 bits per heavy atom. The van der Waals surface area contributed by atoms with Gasteiger partial charge in [-0.15, -0.1) is 49.0 Å². The molecule has 0 amide bonds. The first-order valence-corrected chi connectivity index (χ1v) is 23.2. The second kappa shape index (κ2) is 23.4. The average molecular weight is 1000 g/mol. The van der Waals surface area contributed by atoms with Crippen molar-refractivity contribution < 1.29 is 56.2 Å². The van der Waals surface area contributed by atoms with Crippen LogP contribution in [0.25, 0.3) is 41.3 Å². The standard InChI is InChI=1S/C23H27F3N2O4S.C22H25F3N2O5S.CH4O/c1-5-6-10-28-20(30)18-17(16(29)11-13(2)3)19(33-21(18)27(4)22(28)31)14-8-7-9-15(12-14)32-23(24,25)26;1-12(2)10-15(29)16-17-19(30)27(8-5-9-28)21(31)26(3)20(17)33-18(16)13-6-4-7-14(11-13)32-22(23,24)25;1-2/h7-9,12-13,16,29H,5-6,10-11H2,1-4H3;4,6-7,11-12,15,28-29H,5,8-10H2,1-3H3;2H,1H3. The summed E-state index contributed by atoms with van der Waals surface area (Å²) < 4.78 is 89.3. The Hall–Kier alpha value is -5.26. The highest BCUT2D eigenvalue weighted by Crippen LogP contribution is 2.44. The molecular weight excluding hydrogens is 947 g/mol. The molecule has 4 N–H and O–H groups in total. The van der Waals surface area contributed by atoms with Gasteiger partial charge in [0.25, 0.3) is 11.1 Å². The van der Waals surface area contributed by atoms with Crippen molar-refractivity contribution in [1.29, 1.82) is 0 Å². The number of aliphatic hydroxyl groups is 4. The number of aliphatic hydroxyl groups excluding tert-OH is 4. The van der Waals surface area contributed by atoms with E-state index in [-0.39, 0.29) is 54.3 Å². The number of unbranched alkanes of at least 4 members (excludes halogenated alkanes) is 1. The second-order valence-electron chi connectivity index (χ2n) is 16.5. The minimum absolute atomic E-state index is 0.00223. The Morgan fingerprint density at radius 3 is 1.32 bits per heavy atom. The topological polar surface area (TPSA) is 187 Å². The van der Waals surface area contributed by atoms with Crippen LogP contribution < -0.4 is 32.0 Å². The van der Waals surface area contributed by atoms with Crippen LogP contribution in [0.5, 0.6) is 11.5 Å². The lowest BCUT2D eigenvalue weighted by Crippen LogP contribution is -2.39. The molecule has 6 aromatic rings. The number of aromatic nitrogens is 4. The number of ether oxygens (including phenoxy) is 2. The predicted octanol–water partition coefficient (Wildman–Crippen LogP) is 8.60. The fourth-order valence-electron chi connectivity index (χ4n) is 7.53. The minimum Gasteiger partial charge on any atom is -0.406 e. The summed E-state index contributed by atoms with van der Waals surface area (Å²) >= 11 is 2.15. The van der Waals surface area contributed by atoms with Crippen LogP contribution in [0, 0.1) is 11.8 Å². The molecule has 4 heterocycles. The van der Waals surface area contributed by atoms with Gasteiger partial charge in [-0.1, -0.05) is 65.3 Å². The number of hydrogen-bond acceptors (Lipinski definition) is 12. The van der Waals surface area contributed by atoms with Gasteiger partial charge in [-0.05, 0) is 72.9 Å².